The Morgan fingerprint density at radius 1 is 1.35 bits per heavy atom. The van der Waals surface area contributed by atoms with Gasteiger partial charge >= 0.3 is 0 Å². The van der Waals surface area contributed by atoms with E-state index in [1.54, 1.807) is 0 Å². The highest BCUT2D eigenvalue weighted by atomic mass is 16.2. The van der Waals surface area contributed by atoms with Gasteiger partial charge in [-0.05, 0) is 38.3 Å². The first kappa shape index (κ1) is 14.6. The molecule has 108 valence electrons. The smallest absolute Gasteiger partial charge is 0.252 e. The van der Waals surface area contributed by atoms with Crippen LogP contribution in [0.3, 0.4) is 0 Å². The highest BCUT2D eigenvalue weighted by molar-refractivity contribution is 6.07. The molecule has 0 radical (unpaired) electrons. The predicted octanol–water partition coefficient (Wildman–Crippen LogP) is 2.51. The van der Waals surface area contributed by atoms with Gasteiger partial charge in [-0.3, -0.25) is 14.5 Å². The monoisotopic (exact) mass is 274 g/mol. The summed E-state index contributed by atoms with van der Waals surface area (Å²) in [5, 5.41) is 3.28. The van der Waals surface area contributed by atoms with Crippen LogP contribution in [0.25, 0.3) is 0 Å². The number of carbonyl (C=O) groups excluding carboxylic acids is 2. The van der Waals surface area contributed by atoms with Crippen molar-refractivity contribution in [3.63, 3.8) is 0 Å². The Bertz CT molecular complexity index is 537. The Hall–Kier alpha value is -1.84. The molecule has 4 nitrogen and oxygen atoms in total. The molecule has 1 aromatic rings. The molecule has 1 heterocycles. The second-order valence-electron chi connectivity index (χ2n) is 5.56. The third-order valence-electron chi connectivity index (χ3n) is 3.76. The second-order valence-corrected chi connectivity index (χ2v) is 5.56. The lowest BCUT2D eigenvalue weighted by Gasteiger charge is -2.21. The van der Waals surface area contributed by atoms with E-state index in [1.807, 2.05) is 32.9 Å². The normalized spacial score (nSPS) is 19.1. The number of hydrogen-bond acceptors (Lipinski definition) is 3. The predicted molar refractivity (Wildman–Crippen MR) is 79.6 cm³/mol. The number of aryl methyl sites for hydroxylation is 2. The average molecular weight is 274 g/mol. The van der Waals surface area contributed by atoms with Gasteiger partial charge in [0.1, 0.15) is 6.04 Å². The van der Waals surface area contributed by atoms with Crippen LogP contribution in [-0.4, -0.2) is 28.8 Å². The molecule has 20 heavy (non-hydrogen) atoms. The van der Waals surface area contributed by atoms with E-state index in [4.69, 9.17) is 0 Å². The number of rotatable bonds is 4. The van der Waals surface area contributed by atoms with Gasteiger partial charge in [0.25, 0.3) is 5.91 Å². The molecule has 1 N–H and O–H groups in total. The van der Waals surface area contributed by atoms with E-state index in [1.165, 1.54) is 10.5 Å². The molecule has 1 unspecified atom stereocenters. The van der Waals surface area contributed by atoms with E-state index in [2.05, 4.69) is 18.3 Å². The number of likely N-dealkylation sites (tertiary alicyclic amines) is 1. The molecule has 1 aromatic carbocycles. The Labute approximate surface area is 120 Å². The molecule has 2 amide bonds. The van der Waals surface area contributed by atoms with Crippen molar-refractivity contribution in [3.8, 4) is 0 Å². The lowest BCUT2D eigenvalue weighted by Crippen LogP contribution is -2.39. The summed E-state index contributed by atoms with van der Waals surface area (Å²) in [6.07, 6.45) is 1.14. The van der Waals surface area contributed by atoms with Crippen LogP contribution in [-0.2, 0) is 16.0 Å². The van der Waals surface area contributed by atoms with E-state index < -0.39 is 6.04 Å². The number of anilines is 1. The number of imide groups is 1. The lowest BCUT2D eigenvalue weighted by atomic mass is 10.0. The summed E-state index contributed by atoms with van der Waals surface area (Å²) in [4.78, 5) is 25.6. The summed E-state index contributed by atoms with van der Waals surface area (Å²) in [6.45, 7) is 7.83. The van der Waals surface area contributed by atoms with Crippen LogP contribution in [0.15, 0.2) is 18.2 Å². The topological polar surface area (TPSA) is 49.4 Å². The van der Waals surface area contributed by atoms with Crippen LogP contribution in [0.5, 0.6) is 0 Å². The van der Waals surface area contributed by atoms with Crippen molar-refractivity contribution in [1.82, 2.24) is 4.90 Å². The fraction of sp³-hybridized carbons (Fsp3) is 0.500. The first-order chi connectivity index (χ1) is 9.45. The summed E-state index contributed by atoms with van der Waals surface area (Å²) in [7, 11) is 0. The second kappa shape index (κ2) is 5.65. The Morgan fingerprint density at radius 2 is 2.05 bits per heavy atom. The van der Waals surface area contributed by atoms with Gasteiger partial charge in [0.2, 0.25) is 5.91 Å². The van der Waals surface area contributed by atoms with Crippen LogP contribution >= 0.6 is 0 Å². The number of nitrogens with one attached hydrogen (secondary N) is 1. The number of hydrogen-bond donors (Lipinski definition) is 1. The SMILES string of the molecule is CCc1cccc(C)c1NC1CC(=O)N(C(C)C)C1=O. The summed E-state index contributed by atoms with van der Waals surface area (Å²) in [5.41, 5.74) is 3.27. The zero-order valence-electron chi connectivity index (χ0n) is 12.6. The Morgan fingerprint density at radius 3 is 2.60 bits per heavy atom. The van der Waals surface area contributed by atoms with Crippen LogP contribution in [0.2, 0.25) is 0 Å². The number of carbonyl (C=O) groups is 2. The Kier molecular flexibility index (Phi) is 4.12. The van der Waals surface area contributed by atoms with Gasteiger partial charge in [-0.25, -0.2) is 0 Å². The summed E-state index contributed by atoms with van der Waals surface area (Å²) >= 11 is 0. The molecular formula is C16H22N2O2. The zero-order valence-corrected chi connectivity index (χ0v) is 12.6. The fourth-order valence-corrected chi connectivity index (χ4v) is 2.71. The molecule has 1 atom stereocenters. The molecule has 0 aliphatic carbocycles. The molecule has 0 bridgehead atoms. The van der Waals surface area contributed by atoms with Gasteiger partial charge in [0, 0.05) is 11.7 Å². The number of nitrogens with zero attached hydrogens (tertiary/aromatic N) is 1. The maximum Gasteiger partial charge on any atom is 0.252 e. The van der Waals surface area contributed by atoms with Crippen molar-refractivity contribution >= 4 is 17.5 Å². The fourth-order valence-electron chi connectivity index (χ4n) is 2.71. The van der Waals surface area contributed by atoms with E-state index in [0.717, 1.165) is 17.7 Å². The molecule has 0 aromatic heterocycles. The summed E-state index contributed by atoms with van der Waals surface area (Å²) < 4.78 is 0. The van der Waals surface area contributed by atoms with E-state index in [-0.39, 0.29) is 24.3 Å². The highest BCUT2D eigenvalue weighted by Gasteiger charge is 2.40. The first-order valence-electron chi connectivity index (χ1n) is 7.16. The van der Waals surface area contributed by atoms with Crippen molar-refractivity contribution in [2.45, 2.75) is 52.6 Å². The molecule has 1 aliphatic heterocycles. The van der Waals surface area contributed by atoms with Gasteiger partial charge in [0.05, 0.1) is 6.42 Å². The third kappa shape index (κ3) is 2.55. The van der Waals surface area contributed by atoms with E-state index in [9.17, 15) is 9.59 Å². The summed E-state index contributed by atoms with van der Waals surface area (Å²) in [6, 6.07) is 5.57. The van der Waals surface area contributed by atoms with Gasteiger partial charge in [0.15, 0.2) is 0 Å². The first-order valence-corrected chi connectivity index (χ1v) is 7.16. The van der Waals surface area contributed by atoms with Crippen molar-refractivity contribution in [2.75, 3.05) is 5.32 Å². The minimum Gasteiger partial charge on any atom is -0.373 e. The zero-order chi connectivity index (χ0) is 14.9. The van der Waals surface area contributed by atoms with Gasteiger partial charge < -0.3 is 5.32 Å². The van der Waals surface area contributed by atoms with Gasteiger partial charge in [-0.1, -0.05) is 25.1 Å². The van der Waals surface area contributed by atoms with E-state index >= 15 is 0 Å². The van der Waals surface area contributed by atoms with Crippen molar-refractivity contribution in [2.24, 2.45) is 0 Å². The number of amides is 2. The minimum absolute atomic E-state index is 0.0793. The number of para-hydroxylation sites is 1. The minimum atomic E-state index is -0.434. The van der Waals surface area contributed by atoms with E-state index in [0.29, 0.717) is 0 Å². The molecular weight excluding hydrogens is 252 g/mol. The molecule has 1 saturated heterocycles. The van der Waals surface area contributed by atoms with Gasteiger partial charge in [-0.15, -0.1) is 0 Å². The third-order valence-corrected chi connectivity index (χ3v) is 3.76. The maximum absolute atomic E-state index is 12.3. The highest BCUT2D eigenvalue weighted by Crippen LogP contribution is 2.26. The van der Waals surface area contributed by atoms with Crippen LogP contribution in [0, 0.1) is 6.92 Å². The molecule has 1 aliphatic rings. The van der Waals surface area contributed by atoms with Crippen LogP contribution in [0.4, 0.5) is 5.69 Å². The lowest BCUT2D eigenvalue weighted by molar-refractivity contribution is -0.140. The molecule has 1 fully saturated rings. The van der Waals surface area contributed by atoms with Crippen molar-refractivity contribution < 1.29 is 9.59 Å². The Balaban J connectivity index is 2.24. The maximum atomic E-state index is 12.3. The van der Waals surface area contributed by atoms with Gasteiger partial charge in [-0.2, -0.15) is 0 Å². The molecule has 0 saturated carbocycles. The number of benzene rings is 1. The molecule has 2 rings (SSSR count). The largest absolute Gasteiger partial charge is 0.373 e. The summed E-state index contributed by atoms with van der Waals surface area (Å²) in [5.74, 6) is -0.204. The van der Waals surface area contributed by atoms with Crippen molar-refractivity contribution in [1.29, 1.82) is 0 Å². The van der Waals surface area contributed by atoms with Crippen molar-refractivity contribution in [3.05, 3.63) is 29.3 Å². The molecule has 0 spiro atoms. The van der Waals surface area contributed by atoms with Crippen LogP contribution < -0.4 is 5.32 Å². The average Bonchev–Trinajstić information content (AvgIpc) is 2.66. The van der Waals surface area contributed by atoms with Crippen LogP contribution in [0.1, 0.15) is 38.3 Å². The molecule has 4 heteroatoms. The quantitative estimate of drug-likeness (QED) is 0.858. The standard InChI is InChI=1S/C16H22N2O2/c1-5-12-8-6-7-11(4)15(12)17-13-9-14(19)18(10(2)3)16(13)20/h6-8,10,13,17H,5,9H2,1-4H3.